The molecular weight excluding hydrogens is 1670 g/mol. The Balaban J connectivity index is 0.00000492. The molecule has 4 saturated carbocycles. The summed E-state index contributed by atoms with van der Waals surface area (Å²) >= 11 is 2.81. The number of hydrogen-bond donors (Lipinski definition) is 13. The van der Waals surface area contributed by atoms with Crippen LogP contribution in [-0.2, 0) is 100.0 Å². The summed E-state index contributed by atoms with van der Waals surface area (Å²) < 4.78 is 59.1. The van der Waals surface area contributed by atoms with Crippen molar-refractivity contribution in [3.63, 3.8) is 0 Å². The zero-order valence-corrected chi connectivity index (χ0v) is 72.4. The van der Waals surface area contributed by atoms with Gasteiger partial charge in [0.15, 0.2) is 16.9 Å². The van der Waals surface area contributed by atoms with Gasteiger partial charge in [-0.15, -0.1) is 0 Å². The number of para-hydroxylation sites is 1. The first-order valence-electron chi connectivity index (χ1n) is 41.0. The molecule has 0 radical (unpaired) electrons. The summed E-state index contributed by atoms with van der Waals surface area (Å²) in [5, 5.41) is 92.7. The fraction of sp³-hybridized carbons (Fsp3) is 0.560. The standard InChI is InChI=1S/C83H108N12O23S3.CO2/c1-46(2)66(90-65(99)35-94-53(38-115-28-30-121(112,113)114)32-60(75(94)106)87-64(98)23-29-119-7)74(105)85-47(3)72(103)86-52-17-15-51(50(31-52)16-19-61-68(100)69(101)70(102)71(118-61)77(109)110)37-116-79(111)92(25-22-54(97)36-96)26-27-117-83-42-80(5)39-81(6,43-83)41-82(40-80,44-83)45-95-48(4)57(33-84-95)55-18-20-63(89-67(55)76(107)108)93-24-21-49-11-10-12-56(58(49)34-93)73(104)91-78-88-59-13-8-9-14-62(59)120-78;2-1-3/h8-15,17-18,20,31,33,46-47,53-54,60-61,66,68-71,96-97,100-102H,16,19,21-30,32,34-45H2,1-7H3,(H,85,105)(H,86,103)(H,87,98)(H,90,99)(H,107,108)(H,109,110)(H,88,91,104)(H,112,113,114);/t47-,53-,54-,60-,61-,66-,68-,69+,70-,71-,80?,81?,82?,83?;/m0./s1. The Hall–Kier alpha value is -9.94. The molecule has 2 saturated heterocycles. The molecule has 3 aliphatic heterocycles. The predicted molar refractivity (Wildman–Crippen MR) is 450 cm³/mol. The summed E-state index contributed by atoms with van der Waals surface area (Å²) in [6, 6.07) is 17.0. The van der Waals surface area contributed by atoms with Crippen LogP contribution in [0.25, 0.3) is 21.3 Å². The Bertz CT molecular complexity index is 5030. The number of fused-ring (bicyclic) bond motifs is 2. The van der Waals surface area contributed by atoms with Crippen molar-refractivity contribution < 1.29 is 120 Å². The molecule has 0 spiro atoms. The van der Waals surface area contributed by atoms with Crippen LogP contribution < -0.4 is 31.5 Å². The predicted octanol–water partition coefficient (Wildman–Crippen LogP) is 4.51. The molecule has 3 aromatic heterocycles. The Labute approximate surface area is 723 Å². The molecule has 6 heterocycles. The topological polar surface area (TPSA) is 534 Å². The van der Waals surface area contributed by atoms with Crippen molar-refractivity contribution in [3.8, 4) is 11.1 Å². The molecule has 6 aromatic rings. The number of ether oxygens (including phenoxy) is 4. The second-order valence-electron chi connectivity index (χ2n) is 34.2. The number of carboxylic acids is 2. The first-order valence-corrected chi connectivity index (χ1v) is 44.8. The number of thiazole rings is 1. The summed E-state index contributed by atoms with van der Waals surface area (Å²) in [5.41, 5.74) is 4.33. The highest BCUT2D eigenvalue weighted by Gasteiger charge is 2.66. The SMILES string of the molecule is CSCCC(=O)N[C@H]1C[C@@H](COCCS(=O)(=O)O)N(CC(=O)N[C@H](C(=O)N[C@@H](C)C(=O)Nc2ccc(COC(=O)N(CCOC34CC5(C)CC(C)(CC(Cn6ncc(-c7ccc(N8CCc9cccc(C(=O)Nc%10nc%11ccccc%11s%10)c9C8)nc7C(=O)O)c6C)(C5)C3)C4)CC[C@H](O)CO)c(CC[C@@H]3O[C@H](C(=O)O)[C@@H](O)[C@H](O)[C@H]3O)c2)C(C)C)C1=O.O=C=O. The minimum Gasteiger partial charge on any atom is -0.479 e. The second-order valence-corrected chi connectivity index (χ2v) is 37.8. The Morgan fingerprint density at radius 1 is 0.839 bits per heavy atom. The van der Waals surface area contributed by atoms with E-state index in [9.17, 15) is 91.9 Å². The lowest BCUT2D eigenvalue weighted by Gasteiger charge is -2.69. The Morgan fingerprint density at radius 2 is 1.57 bits per heavy atom. The normalized spacial score (nSPS) is 24.5. The number of pyridine rings is 1. The highest BCUT2D eigenvalue weighted by molar-refractivity contribution is 7.98. The molecule has 37 nitrogen and oxygen atoms in total. The van der Waals surface area contributed by atoms with Crippen LogP contribution >= 0.6 is 23.1 Å². The monoisotopic (exact) mass is 1780 g/mol. The number of aliphatic carboxylic acids is 1. The minimum atomic E-state index is -4.38. The lowest BCUT2D eigenvalue weighted by Crippen LogP contribution is -2.64. The zero-order valence-electron chi connectivity index (χ0n) is 69.9. The van der Waals surface area contributed by atoms with E-state index in [1.165, 1.54) is 53.1 Å². The average molecular weight is 1780 g/mol. The van der Waals surface area contributed by atoms with E-state index in [4.69, 9.17) is 38.6 Å². The van der Waals surface area contributed by atoms with Gasteiger partial charge in [0, 0.05) is 73.0 Å². The van der Waals surface area contributed by atoms with Gasteiger partial charge in [0.25, 0.3) is 16.0 Å². The maximum Gasteiger partial charge on any atom is 0.410 e. The van der Waals surface area contributed by atoms with Crippen LogP contribution in [0.4, 0.5) is 21.4 Å². The number of rotatable bonds is 38. The number of carbonyl (C=O) groups is 9. The minimum absolute atomic E-state index is 0.000145. The molecule has 3 aromatic carbocycles. The first-order chi connectivity index (χ1) is 58.8. The lowest BCUT2D eigenvalue weighted by atomic mass is 9.39. The number of aromatic nitrogens is 4. The number of aliphatic hydroxyl groups is 5. The van der Waals surface area contributed by atoms with Crippen molar-refractivity contribution in [3.05, 3.63) is 118 Å². The van der Waals surface area contributed by atoms with Crippen molar-refractivity contribution in [2.24, 2.45) is 22.2 Å². The maximum atomic E-state index is 14.6. The molecule has 7 aliphatic rings. The lowest BCUT2D eigenvalue weighted by molar-refractivity contribution is -0.248. The molecule has 124 heavy (non-hydrogen) atoms. The van der Waals surface area contributed by atoms with Gasteiger partial charge in [-0.1, -0.05) is 69.4 Å². The van der Waals surface area contributed by atoms with Gasteiger partial charge in [-0.05, 0) is 178 Å². The van der Waals surface area contributed by atoms with Gasteiger partial charge in [0.2, 0.25) is 29.5 Å². The summed E-state index contributed by atoms with van der Waals surface area (Å²) in [6.45, 7) is 10.2. The summed E-state index contributed by atoms with van der Waals surface area (Å²) in [7, 11) is -4.38. The largest absolute Gasteiger partial charge is 0.479 e. The summed E-state index contributed by atoms with van der Waals surface area (Å²) in [5.74, 6) is -6.87. The molecule has 2 unspecified atom stereocenters. The number of amides is 7. The van der Waals surface area contributed by atoms with E-state index < -0.39 is 162 Å². The molecule has 13 N–H and O–H groups in total. The fourth-order valence-corrected chi connectivity index (χ4v) is 20.8. The van der Waals surface area contributed by atoms with Crippen LogP contribution in [0, 0.1) is 29.1 Å². The van der Waals surface area contributed by atoms with E-state index in [1.54, 1.807) is 32.2 Å². The number of nitrogens with one attached hydrogen (secondary N) is 5. The molecule has 40 heteroatoms. The van der Waals surface area contributed by atoms with Gasteiger partial charge in [-0.3, -0.25) is 43.3 Å². The van der Waals surface area contributed by atoms with Gasteiger partial charge in [-0.25, -0.2) is 24.4 Å². The van der Waals surface area contributed by atoms with Gasteiger partial charge in [0.05, 0.1) is 79.0 Å². The fourth-order valence-electron chi connectivity index (χ4n) is 19.2. The number of benzene rings is 3. The highest BCUT2D eigenvalue weighted by Crippen LogP contribution is 2.72. The summed E-state index contributed by atoms with van der Waals surface area (Å²) in [4.78, 5) is 152. The third-order valence-corrected chi connectivity index (χ3v) is 26.2. The van der Waals surface area contributed by atoms with Crippen LogP contribution in [0.1, 0.15) is 148 Å². The molecule has 12 atom stereocenters. The van der Waals surface area contributed by atoms with Crippen molar-refractivity contribution in [1.82, 2.24) is 45.5 Å². The number of hydrogen-bond acceptors (Lipinski definition) is 28. The number of anilines is 3. The number of aryl methyl sites for hydroxylation is 1. The van der Waals surface area contributed by atoms with Gasteiger partial charge in [-0.2, -0.15) is 34.9 Å². The second kappa shape index (κ2) is 40.6. The number of aromatic carboxylic acids is 1. The van der Waals surface area contributed by atoms with Crippen molar-refractivity contribution in [2.45, 2.75) is 205 Å². The molecular formula is C84H108N12O25S3. The Morgan fingerprint density at radius 3 is 2.26 bits per heavy atom. The molecule has 13 rings (SSSR count). The number of carboxylic acid groups (broad SMARTS) is 2. The molecule has 6 fully saturated rings. The smallest absolute Gasteiger partial charge is 0.410 e. The number of nitrogens with zero attached hydrogens (tertiary/aromatic N) is 7. The quantitative estimate of drug-likeness (QED) is 0.0187. The van der Waals surface area contributed by atoms with Crippen molar-refractivity contribution >= 4 is 120 Å². The first kappa shape index (κ1) is 94.7. The average Bonchev–Trinajstić information content (AvgIpc) is 0.782. The highest BCUT2D eigenvalue weighted by atomic mass is 32.2. The third-order valence-electron chi connectivity index (χ3n) is 23.9. The maximum absolute atomic E-state index is 14.6. The third kappa shape index (κ3) is 23.2. The zero-order chi connectivity index (χ0) is 89.9. The number of likely N-dealkylation sites (tertiary alicyclic amines) is 1. The van der Waals surface area contributed by atoms with Gasteiger partial charge in [0.1, 0.15) is 48.9 Å². The van der Waals surface area contributed by atoms with E-state index in [-0.39, 0.29) is 98.1 Å². The van der Waals surface area contributed by atoms with E-state index in [1.807, 2.05) is 65.2 Å². The Kier molecular flexibility index (Phi) is 31.0. The van der Waals surface area contributed by atoms with Crippen LogP contribution in [-0.4, -0.2) is 275 Å². The van der Waals surface area contributed by atoms with E-state index in [2.05, 4.69) is 45.4 Å². The van der Waals surface area contributed by atoms with E-state index >= 15 is 0 Å². The van der Waals surface area contributed by atoms with Gasteiger partial charge < -0.3 is 90.7 Å². The number of thioether (sulfide) groups is 1. The van der Waals surface area contributed by atoms with Gasteiger partial charge >= 0.3 is 24.2 Å². The van der Waals surface area contributed by atoms with Crippen LogP contribution in [0.2, 0.25) is 0 Å². The van der Waals surface area contributed by atoms with Crippen LogP contribution in [0.3, 0.4) is 0 Å². The molecule has 4 aliphatic carbocycles. The summed E-state index contributed by atoms with van der Waals surface area (Å²) in [6.07, 6.45) is -1.95. The van der Waals surface area contributed by atoms with Crippen LogP contribution in [0.15, 0.2) is 79.0 Å². The molecule has 7 amide bonds. The van der Waals surface area contributed by atoms with E-state index in [0.717, 1.165) is 64.0 Å². The van der Waals surface area contributed by atoms with Crippen molar-refractivity contribution in [2.75, 3.05) is 85.9 Å². The van der Waals surface area contributed by atoms with Crippen LogP contribution in [0.5, 0.6) is 0 Å². The van der Waals surface area contributed by atoms with E-state index in [0.29, 0.717) is 77.0 Å². The van der Waals surface area contributed by atoms with Crippen molar-refractivity contribution in [1.29, 1.82) is 0 Å². The molecule has 672 valence electrons. The number of carbonyl (C=O) groups excluding carboxylic acids is 9. The molecule has 4 bridgehead atoms. The number of aliphatic hydroxyl groups excluding tert-OH is 5.